The van der Waals surface area contributed by atoms with Crippen LogP contribution in [0.25, 0.3) is 11.3 Å². The molecule has 2 aromatic carbocycles. The minimum absolute atomic E-state index is 0.520. The Hall–Kier alpha value is -2.45. The van der Waals surface area contributed by atoms with Crippen LogP contribution in [-0.2, 0) is 25.8 Å². The van der Waals surface area contributed by atoms with Crippen LogP contribution in [0.15, 0.2) is 54.6 Å². The van der Waals surface area contributed by atoms with Crippen molar-refractivity contribution in [3.63, 3.8) is 0 Å². The molecule has 0 spiro atoms. The summed E-state index contributed by atoms with van der Waals surface area (Å²) < 4.78 is 0. The largest absolute Gasteiger partial charge is 0.292 e. The zero-order chi connectivity index (χ0) is 22.5. The number of unbranched alkanes of at least 4 members (excludes halogenated alkanes) is 1. The molecular weight excluding hydrogens is 388 g/mol. The molecule has 1 aromatic heterocycles. The van der Waals surface area contributed by atoms with Gasteiger partial charge in [0, 0.05) is 30.4 Å². The highest BCUT2D eigenvalue weighted by Crippen LogP contribution is 2.35. The number of aryl methyl sites for hydroxylation is 3. The first kappa shape index (κ1) is 22.7. The molecule has 2 heterocycles. The van der Waals surface area contributed by atoms with E-state index in [1.54, 1.807) is 11.1 Å². The molecule has 1 aliphatic rings. The standard InChI is InChI=1S/C30H38N2/c1-5-8-16-29-27-15-10-9-12-25(27)19-20-32(29)21-26-17-18-28(31-22(26)4)30-23(6-2)13-11-14-24(30)7-3/h9-15,17-18,29H,5-8,16,19-21H2,1-4H3. The van der Waals surface area contributed by atoms with Gasteiger partial charge in [-0.1, -0.05) is 82.1 Å². The highest BCUT2D eigenvalue weighted by molar-refractivity contribution is 5.68. The fourth-order valence-electron chi connectivity index (χ4n) is 5.31. The summed E-state index contributed by atoms with van der Waals surface area (Å²) in [6.07, 6.45) is 6.99. The van der Waals surface area contributed by atoms with Gasteiger partial charge in [0.2, 0.25) is 0 Å². The van der Waals surface area contributed by atoms with Gasteiger partial charge in [-0.25, -0.2) is 0 Å². The molecular formula is C30H38N2. The van der Waals surface area contributed by atoms with E-state index in [1.165, 1.54) is 47.2 Å². The molecule has 1 aliphatic heterocycles. The van der Waals surface area contributed by atoms with Crippen LogP contribution in [0.2, 0.25) is 0 Å². The lowest BCUT2D eigenvalue weighted by molar-refractivity contribution is 0.164. The van der Waals surface area contributed by atoms with E-state index in [0.717, 1.165) is 38.0 Å². The van der Waals surface area contributed by atoms with Crippen molar-refractivity contribution in [3.05, 3.63) is 88.1 Å². The normalized spacial score (nSPS) is 16.2. The topological polar surface area (TPSA) is 16.1 Å². The fraction of sp³-hybridized carbons (Fsp3) is 0.433. The molecule has 0 saturated heterocycles. The molecule has 32 heavy (non-hydrogen) atoms. The Morgan fingerprint density at radius 1 is 0.875 bits per heavy atom. The van der Waals surface area contributed by atoms with Crippen LogP contribution in [0, 0.1) is 6.92 Å². The lowest BCUT2D eigenvalue weighted by Gasteiger charge is -2.38. The third-order valence-corrected chi connectivity index (χ3v) is 7.18. The van der Waals surface area contributed by atoms with Gasteiger partial charge in [-0.2, -0.15) is 0 Å². The molecule has 0 saturated carbocycles. The zero-order valence-corrected chi connectivity index (χ0v) is 20.3. The van der Waals surface area contributed by atoms with Crippen molar-refractivity contribution in [3.8, 4) is 11.3 Å². The molecule has 2 heteroatoms. The number of hydrogen-bond acceptors (Lipinski definition) is 2. The summed E-state index contributed by atoms with van der Waals surface area (Å²) in [5, 5.41) is 0. The fourth-order valence-corrected chi connectivity index (χ4v) is 5.31. The van der Waals surface area contributed by atoms with Gasteiger partial charge in [0.15, 0.2) is 0 Å². The van der Waals surface area contributed by atoms with E-state index in [0.29, 0.717) is 6.04 Å². The van der Waals surface area contributed by atoms with Crippen molar-refractivity contribution in [2.45, 2.75) is 78.8 Å². The van der Waals surface area contributed by atoms with Gasteiger partial charge in [-0.05, 0) is 66.5 Å². The second kappa shape index (κ2) is 10.4. The lowest BCUT2D eigenvalue weighted by Crippen LogP contribution is -2.35. The Bertz CT molecular complexity index is 1030. The third kappa shape index (κ3) is 4.66. The van der Waals surface area contributed by atoms with Crippen molar-refractivity contribution in [1.82, 2.24) is 9.88 Å². The second-order valence-electron chi connectivity index (χ2n) is 9.18. The molecule has 0 fully saturated rings. The molecule has 3 aromatic rings. The van der Waals surface area contributed by atoms with E-state index in [-0.39, 0.29) is 0 Å². The van der Waals surface area contributed by atoms with E-state index in [2.05, 4.69) is 87.2 Å². The number of rotatable bonds is 8. The Morgan fingerprint density at radius 2 is 1.62 bits per heavy atom. The molecule has 0 radical (unpaired) electrons. The van der Waals surface area contributed by atoms with E-state index in [9.17, 15) is 0 Å². The van der Waals surface area contributed by atoms with E-state index in [1.807, 2.05) is 0 Å². The van der Waals surface area contributed by atoms with Gasteiger partial charge in [0.05, 0.1) is 5.69 Å². The molecule has 1 atom stereocenters. The summed E-state index contributed by atoms with van der Waals surface area (Å²) in [6, 6.07) is 20.9. The lowest BCUT2D eigenvalue weighted by atomic mass is 9.89. The maximum absolute atomic E-state index is 5.13. The first-order valence-electron chi connectivity index (χ1n) is 12.6. The smallest absolute Gasteiger partial charge is 0.0710 e. The summed E-state index contributed by atoms with van der Waals surface area (Å²) in [7, 11) is 0. The van der Waals surface area contributed by atoms with Gasteiger partial charge in [-0.15, -0.1) is 0 Å². The van der Waals surface area contributed by atoms with E-state index >= 15 is 0 Å². The molecule has 0 bridgehead atoms. The van der Waals surface area contributed by atoms with Crippen molar-refractivity contribution < 1.29 is 0 Å². The maximum atomic E-state index is 5.13. The van der Waals surface area contributed by atoms with Crippen molar-refractivity contribution >= 4 is 0 Å². The van der Waals surface area contributed by atoms with Gasteiger partial charge < -0.3 is 0 Å². The zero-order valence-electron chi connectivity index (χ0n) is 20.3. The van der Waals surface area contributed by atoms with Crippen molar-refractivity contribution in [1.29, 1.82) is 0 Å². The first-order chi connectivity index (χ1) is 15.7. The summed E-state index contributed by atoms with van der Waals surface area (Å²) >= 11 is 0. The van der Waals surface area contributed by atoms with Crippen molar-refractivity contribution in [2.24, 2.45) is 0 Å². The maximum Gasteiger partial charge on any atom is 0.0710 e. The highest BCUT2D eigenvalue weighted by atomic mass is 15.2. The van der Waals surface area contributed by atoms with E-state index < -0.39 is 0 Å². The first-order valence-corrected chi connectivity index (χ1v) is 12.6. The van der Waals surface area contributed by atoms with Crippen LogP contribution in [0.1, 0.15) is 79.6 Å². The van der Waals surface area contributed by atoms with Crippen LogP contribution < -0.4 is 0 Å². The molecule has 0 N–H and O–H groups in total. The average Bonchev–Trinajstić information content (AvgIpc) is 2.83. The molecule has 0 amide bonds. The quantitative estimate of drug-likeness (QED) is 0.371. The number of benzene rings is 2. The Kier molecular flexibility index (Phi) is 7.42. The number of aromatic nitrogens is 1. The van der Waals surface area contributed by atoms with Gasteiger partial charge in [0.1, 0.15) is 0 Å². The number of hydrogen-bond donors (Lipinski definition) is 0. The summed E-state index contributed by atoms with van der Waals surface area (Å²) in [6.45, 7) is 11.1. The predicted molar refractivity (Wildman–Crippen MR) is 136 cm³/mol. The van der Waals surface area contributed by atoms with E-state index in [4.69, 9.17) is 4.98 Å². The Morgan fingerprint density at radius 3 is 2.31 bits per heavy atom. The molecule has 0 aliphatic carbocycles. The van der Waals surface area contributed by atoms with Gasteiger partial charge in [0.25, 0.3) is 0 Å². The third-order valence-electron chi connectivity index (χ3n) is 7.18. The van der Waals surface area contributed by atoms with Gasteiger partial charge >= 0.3 is 0 Å². The Balaban J connectivity index is 1.62. The second-order valence-corrected chi connectivity index (χ2v) is 9.18. The number of fused-ring (bicyclic) bond motifs is 1. The Labute approximate surface area is 194 Å². The van der Waals surface area contributed by atoms with Crippen LogP contribution in [0.3, 0.4) is 0 Å². The summed E-state index contributed by atoms with van der Waals surface area (Å²) in [5.74, 6) is 0. The number of nitrogens with zero attached hydrogens (tertiary/aromatic N) is 2. The minimum Gasteiger partial charge on any atom is -0.292 e. The van der Waals surface area contributed by atoms with Crippen LogP contribution in [0.5, 0.6) is 0 Å². The number of pyridine rings is 1. The SMILES string of the molecule is CCCCC1c2ccccc2CCN1Cc1ccc(-c2c(CC)cccc2CC)nc1C. The predicted octanol–water partition coefficient (Wildman–Crippen LogP) is 7.47. The molecule has 168 valence electrons. The monoisotopic (exact) mass is 426 g/mol. The minimum atomic E-state index is 0.520. The molecule has 2 nitrogen and oxygen atoms in total. The molecule has 4 rings (SSSR count). The highest BCUT2D eigenvalue weighted by Gasteiger charge is 2.27. The molecule has 1 unspecified atom stereocenters. The van der Waals surface area contributed by atoms with Crippen molar-refractivity contribution in [2.75, 3.05) is 6.54 Å². The van der Waals surface area contributed by atoms with Crippen LogP contribution >= 0.6 is 0 Å². The summed E-state index contributed by atoms with van der Waals surface area (Å²) in [5.41, 5.74) is 10.9. The average molecular weight is 427 g/mol. The summed E-state index contributed by atoms with van der Waals surface area (Å²) in [4.78, 5) is 7.82. The van der Waals surface area contributed by atoms with Crippen LogP contribution in [-0.4, -0.2) is 16.4 Å². The van der Waals surface area contributed by atoms with Gasteiger partial charge in [-0.3, -0.25) is 9.88 Å². The van der Waals surface area contributed by atoms with Crippen LogP contribution in [0.4, 0.5) is 0 Å².